The van der Waals surface area contributed by atoms with E-state index in [9.17, 15) is 24.0 Å². The van der Waals surface area contributed by atoms with Gasteiger partial charge < -0.3 is 10.6 Å². The van der Waals surface area contributed by atoms with E-state index >= 15 is 0 Å². The van der Waals surface area contributed by atoms with E-state index in [0.29, 0.717) is 30.7 Å². The van der Waals surface area contributed by atoms with Gasteiger partial charge >= 0.3 is 12.1 Å². The first kappa shape index (κ1) is 22.6. The summed E-state index contributed by atoms with van der Waals surface area (Å²) in [4.78, 5) is 64.8. The zero-order valence-electron chi connectivity index (χ0n) is 19.2. The molecule has 2 aromatic carbocycles. The summed E-state index contributed by atoms with van der Waals surface area (Å²) in [5.41, 5.74) is 2.58. The second-order valence-electron chi connectivity index (χ2n) is 9.31. The Morgan fingerprint density at radius 1 is 0.943 bits per heavy atom. The summed E-state index contributed by atoms with van der Waals surface area (Å²) >= 11 is 0. The van der Waals surface area contributed by atoms with Gasteiger partial charge in [0.2, 0.25) is 0 Å². The molecule has 2 fully saturated rings. The minimum absolute atomic E-state index is 0.336. The largest absolute Gasteiger partial charge is 0.344 e. The number of hydrogen-bond acceptors (Lipinski definition) is 5. The maximum absolute atomic E-state index is 13.2. The first-order valence-electron chi connectivity index (χ1n) is 11.5. The Morgan fingerprint density at radius 3 is 2.43 bits per heavy atom. The highest BCUT2D eigenvalue weighted by Crippen LogP contribution is 2.41. The van der Waals surface area contributed by atoms with E-state index in [1.54, 1.807) is 19.1 Å². The molecule has 2 saturated heterocycles. The van der Waals surface area contributed by atoms with Crippen molar-refractivity contribution in [2.75, 3.05) is 6.54 Å². The van der Waals surface area contributed by atoms with Gasteiger partial charge in [-0.2, -0.15) is 5.01 Å². The van der Waals surface area contributed by atoms with E-state index in [-0.39, 0.29) is 0 Å². The molecule has 3 aliphatic rings. The molecule has 0 bridgehead atoms. The lowest BCUT2D eigenvalue weighted by molar-refractivity contribution is -0.140. The molecule has 0 saturated carbocycles. The first-order valence-corrected chi connectivity index (χ1v) is 11.5. The number of carbonyl (C=O) groups excluding carboxylic acids is 5. The van der Waals surface area contributed by atoms with Gasteiger partial charge in [-0.3, -0.25) is 24.7 Å². The number of carbonyl (C=O) groups is 5. The molecule has 0 radical (unpaired) electrons. The fraction of sp³-hybridized carbons (Fsp3) is 0.320. The van der Waals surface area contributed by atoms with Crippen LogP contribution >= 0.6 is 0 Å². The van der Waals surface area contributed by atoms with Crippen molar-refractivity contribution in [2.45, 2.75) is 43.7 Å². The lowest BCUT2D eigenvalue weighted by atomic mass is 9.92. The molecule has 10 nitrogen and oxygen atoms in total. The number of nitrogens with zero attached hydrogens (tertiary/aromatic N) is 2. The number of rotatable bonds is 6. The summed E-state index contributed by atoms with van der Waals surface area (Å²) in [6, 6.07) is 15.5. The Hall–Kier alpha value is -4.21. The van der Waals surface area contributed by atoms with Gasteiger partial charge in [0, 0.05) is 0 Å². The smallest absolute Gasteiger partial charge is 0.322 e. The highest BCUT2D eigenvalue weighted by molar-refractivity contribution is 6.11. The normalized spacial score (nSPS) is 25.2. The zero-order chi connectivity index (χ0) is 24.8. The summed E-state index contributed by atoms with van der Waals surface area (Å²) in [6.07, 6.45) is 1.92. The molecule has 2 aromatic rings. The van der Waals surface area contributed by atoms with Crippen LogP contribution in [0.5, 0.6) is 0 Å². The number of hydrogen-bond donors (Lipinski definition) is 3. The number of imide groups is 2. The fourth-order valence-electron chi connectivity index (χ4n) is 5.03. The van der Waals surface area contributed by atoms with Crippen LogP contribution in [0, 0.1) is 0 Å². The van der Waals surface area contributed by atoms with E-state index in [2.05, 4.69) is 16.1 Å². The fourth-order valence-corrected chi connectivity index (χ4v) is 5.03. The predicted octanol–water partition coefficient (Wildman–Crippen LogP) is 1.35. The van der Waals surface area contributed by atoms with Crippen molar-refractivity contribution in [3.63, 3.8) is 0 Å². The topological polar surface area (TPSA) is 128 Å². The molecule has 2 atom stereocenters. The second-order valence-corrected chi connectivity index (χ2v) is 9.31. The predicted molar refractivity (Wildman–Crippen MR) is 123 cm³/mol. The number of benzene rings is 2. The van der Waals surface area contributed by atoms with Gasteiger partial charge in [0.15, 0.2) is 0 Å². The number of hydrazine groups is 1. The van der Waals surface area contributed by atoms with Gasteiger partial charge in [-0.15, -0.1) is 0 Å². The molecule has 1 aliphatic carbocycles. The zero-order valence-corrected chi connectivity index (χ0v) is 19.2. The summed E-state index contributed by atoms with van der Waals surface area (Å²) in [7, 11) is 0. The lowest BCUT2D eigenvalue weighted by Gasteiger charge is -2.23. The third-order valence-corrected chi connectivity index (χ3v) is 6.98. The maximum atomic E-state index is 13.2. The highest BCUT2D eigenvalue weighted by atomic mass is 16.2. The van der Waals surface area contributed by atoms with Crippen LogP contribution < -0.4 is 16.1 Å². The minimum atomic E-state index is -1.20. The van der Waals surface area contributed by atoms with E-state index in [1.807, 2.05) is 42.5 Å². The Labute approximate surface area is 201 Å². The first-order chi connectivity index (χ1) is 16.7. The number of nitrogens with one attached hydrogen (secondary N) is 3. The van der Waals surface area contributed by atoms with E-state index in [4.69, 9.17) is 0 Å². The van der Waals surface area contributed by atoms with E-state index in [1.165, 1.54) is 0 Å². The molecule has 0 unspecified atom stereocenters. The lowest BCUT2D eigenvalue weighted by Crippen LogP contribution is -2.52. The average Bonchev–Trinajstić information content (AvgIpc) is 3.41. The van der Waals surface area contributed by atoms with Crippen LogP contribution in [0.4, 0.5) is 9.59 Å². The summed E-state index contributed by atoms with van der Waals surface area (Å²) < 4.78 is 0. The molecular formula is C25H25N5O5. The average molecular weight is 476 g/mol. The van der Waals surface area contributed by atoms with Gasteiger partial charge in [-0.05, 0) is 49.3 Å². The standard InChI is InChI=1S/C25H25N5O5/c1-24(13-11-16-7-3-2-4-8-16)20(32)30(23(35)26-24)28-19(31)15-29-21(33)25(27-22(29)34)14-12-17-9-5-6-10-18(17)25/h2-10H,11-15H2,1H3,(H,26,35)(H,27,34)(H,28,31)/t24-,25+/m0/s1. The van der Waals surface area contributed by atoms with Crippen LogP contribution in [-0.2, 0) is 32.8 Å². The second kappa shape index (κ2) is 8.23. The van der Waals surface area contributed by atoms with Crippen LogP contribution in [0.1, 0.15) is 36.5 Å². The van der Waals surface area contributed by atoms with Gasteiger partial charge in [0.05, 0.1) is 0 Å². The molecule has 180 valence electrons. The van der Waals surface area contributed by atoms with Crippen molar-refractivity contribution >= 4 is 29.8 Å². The van der Waals surface area contributed by atoms with Crippen molar-refractivity contribution in [3.05, 3.63) is 71.3 Å². The van der Waals surface area contributed by atoms with E-state index in [0.717, 1.165) is 21.6 Å². The monoisotopic (exact) mass is 475 g/mol. The molecule has 0 aromatic heterocycles. The summed E-state index contributed by atoms with van der Waals surface area (Å²) in [5, 5.41) is 5.99. The molecule has 2 aliphatic heterocycles. The Balaban J connectivity index is 1.24. The minimum Gasteiger partial charge on any atom is -0.322 e. The molecule has 7 amide bonds. The van der Waals surface area contributed by atoms with Gasteiger partial charge in [-0.25, -0.2) is 9.59 Å². The van der Waals surface area contributed by atoms with Crippen molar-refractivity contribution in [1.82, 2.24) is 26.0 Å². The van der Waals surface area contributed by atoms with Crippen molar-refractivity contribution in [1.29, 1.82) is 0 Å². The van der Waals surface area contributed by atoms with Crippen LogP contribution in [0.15, 0.2) is 54.6 Å². The van der Waals surface area contributed by atoms with E-state index < -0.39 is 47.4 Å². The van der Waals surface area contributed by atoms with Gasteiger partial charge in [0.25, 0.3) is 17.7 Å². The Morgan fingerprint density at radius 2 is 1.66 bits per heavy atom. The van der Waals surface area contributed by atoms with Gasteiger partial charge in [-0.1, -0.05) is 54.6 Å². The highest BCUT2D eigenvalue weighted by Gasteiger charge is 2.56. The summed E-state index contributed by atoms with van der Waals surface area (Å²) in [6.45, 7) is 0.980. The Bertz CT molecular complexity index is 1250. The number of aryl methyl sites for hydroxylation is 2. The molecular weight excluding hydrogens is 450 g/mol. The van der Waals surface area contributed by atoms with Crippen LogP contribution in [0.3, 0.4) is 0 Å². The molecule has 5 rings (SSSR count). The molecule has 35 heavy (non-hydrogen) atoms. The maximum Gasteiger partial charge on any atom is 0.344 e. The molecule has 10 heteroatoms. The number of amides is 7. The molecule has 2 heterocycles. The SMILES string of the molecule is C[C@@]1(CCc2ccccc2)NC(=O)N(NC(=O)CN2C(=O)N[C@@]3(CCc4ccccc43)C2=O)C1=O. The van der Waals surface area contributed by atoms with Crippen molar-refractivity contribution in [2.24, 2.45) is 0 Å². The Kier molecular flexibility index (Phi) is 5.31. The molecule has 3 N–H and O–H groups in total. The molecule has 1 spiro atoms. The van der Waals surface area contributed by atoms with Crippen LogP contribution in [0.2, 0.25) is 0 Å². The van der Waals surface area contributed by atoms with Crippen LogP contribution in [-0.4, -0.2) is 51.8 Å². The van der Waals surface area contributed by atoms with Crippen molar-refractivity contribution < 1.29 is 24.0 Å². The number of fused-ring (bicyclic) bond motifs is 2. The third-order valence-electron chi connectivity index (χ3n) is 6.98. The van der Waals surface area contributed by atoms with Gasteiger partial charge in [0.1, 0.15) is 17.6 Å². The summed E-state index contributed by atoms with van der Waals surface area (Å²) in [5.74, 6) is -1.95. The third kappa shape index (κ3) is 3.71. The van der Waals surface area contributed by atoms with Crippen molar-refractivity contribution in [3.8, 4) is 0 Å². The number of urea groups is 2. The quantitative estimate of drug-likeness (QED) is 0.544. The van der Waals surface area contributed by atoms with Crippen LogP contribution in [0.25, 0.3) is 0 Å².